The quantitative estimate of drug-likeness (QED) is 0.620. The monoisotopic (exact) mass is 298 g/mol. The van der Waals surface area contributed by atoms with Crippen molar-refractivity contribution in [3.8, 4) is 0 Å². The number of ether oxygens (including phenoxy) is 1. The second-order valence-electron chi connectivity index (χ2n) is 5.38. The number of piperazine rings is 1. The molecule has 9 heteroatoms. The Morgan fingerprint density at radius 1 is 1.29 bits per heavy atom. The van der Waals surface area contributed by atoms with Gasteiger partial charge < -0.3 is 29.9 Å². The third-order valence-corrected chi connectivity index (χ3v) is 4.16. The Bertz CT molecular complexity index is 471. The Morgan fingerprint density at radius 3 is 2.86 bits per heavy atom. The number of nitrogens with one attached hydrogen (secondary N) is 1. The smallest absolute Gasteiger partial charge is 0.328 e. The van der Waals surface area contributed by atoms with Crippen molar-refractivity contribution >= 4 is 18.0 Å². The van der Waals surface area contributed by atoms with Crippen molar-refractivity contribution in [3.63, 3.8) is 0 Å². The van der Waals surface area contributed by atoms with E-state index in [-0.39, 0.29) is 31.3 Å². The molecule has 116 valence electrons. The zero-order valence-corrected chi connectivity index (χ0v) is 11.5. The number of aliphatic carboxylic acids is 1. The van der Waals surface area contributed by atoms with Crippen molar-refractivity contribution < 1.29 is 24.2 Å². The molecule has 3 fully saturated rings. The van der Waals surface area contributed by atoms with Gasteiger partial charge in [-0.1, -0.05) is 0 Å². The molecule has 2 unspecified atom stereocenters. The molecule has 4 amide bonds. The zero-order chi connectivity index (χ0) is 15.0. The molecule has 3 heterocycles. The van der Waals surface area contributed by atoms with E-state index in [4.69, 9.17) is 4.74 Å². The molecule has 0 radical (unpaired) electrons. The van der Waals surface area contributed by atoms with Crippen LogP contribution in [0.3, 0.4) is 0 Å². The summed E-state index contributed by atoms with van der Waals surface area (Å²) < 4.78 is 5.14. The number of hydrogen-bond acceptors (Lipinski definition) is 4. The van der Waals surface area contributed by atoms with E-state index in [1.165, 1.54) is 4.90 Å². The lowest BCUT2D eigenvalue weighted by molar-refractivity contribution is -0.147. The number of morpholine rings is 1. The molecule has 0 spiro atoms. The highest BCUT2D eigenvalue weighted by Gasteiger charge is 2.40. The van der Waals surface area contributed by atoms with Gasteiger partial charge in [0.1, 0.15) is 0 Å². The van der Waals surface area contributed by atoms with Crippen LogP contribution in [0.4, 0.5) is 9.59 Å². The number of carbonyl (C=O) groups excluding carboxylic acids is 2. The molecular weight excluding hydrogens is 280 g/mol. The van der Waals surface area contributed by atoms with Gasteiger partial charge in [-0.05, 0) is 0 Å². The Kier molecular flexibility index (Phi) is 3.58. The number of carboxylic acid groups (broad SMARTS) is 1. The highest BCUT2D eigenvalue weighted by molar-refractivity contribution is 5.83. The van der Waals surface area contributed by atoms with Crippen molar-refractivity contribution in [1.82, 2.24) is 20.0 Å². The highest BCUT2D eigenvalue weighted by atomic mass is 16.5. The van der Waals surface area contributed by atoms with Crippen molar-refractivity contribution in [2.45, 2.75) is 12.1 Å². The fourth-order valence-electron chi connectivity index (χ4n) is 3.00. The van der Waals surface area contributed by atoms with E-state index in [1.54, 1.807) is 9.80 Å². The number of carboxylic acids is 1. The van der Waals surface area contributed by atoms with Crippen LogP contribution in [0.2, 0.25) is 0 Å². The van der Waals surface area contributed by atoms with E-state index < -0.39 is 12.0 Å². The van der Waals surface area contributed by atoms with Crippen LogP contribution in [-0.2, 0) is 9.53 Å². The first kappa shape index (κ1) is 13.9. The molecule has 3 rings (SSSR count). The zero-order valence-electron chi connectivity index (χ0n) is 11.5. The van der Waals surface area contributed by atoms with Gasteiger partial charge in [0.25, 0.3) is 0 Å². The molecule has 0 aliphatic carbocycles. The summed E-state index contributed by atoms with van der Waals surface area (Å²) in [4.78, 5) is 40.0. The van der Waals surface area contributed by atoms with E-state index in [2.05, 4.69) is 5.32 Å². The van der Waals surface area contributed by atoms with Crippen molar-refractivity contribution in [3.05, 3.63) is 0 Å². The summed E-state index contributed by atoms with van der Waals surface area (Å²) in [5.41, 5.74) is 0. The Morgan fingerprint density at radius 2 is 2.10 bits per heavy atom. The fourth-order valence-corrected chi connectivity index (χ4v) is 3.00. The van der Waals surface area contributed by atoms with Crippen LogP contribution in [0.25, 0.3) is 0 Å². The number of amides is 4. The van der Waals surface area contributed by atoms with E-state index in [1.807, 2.05) is 0 Å². The van der Waals surface area contributed by atoms with Crippen LogP contribution >= 0.6 is 0 Å². The van der Waals surface area contributed by atoms with Crippen LogP contribution in [0.5, 0.6) is 0 Å². The topological polar surface area (TPSA) is 102 Å². The molecule has 0 aromatic heterocycles. The average molecular weight is 298 g/mol. The minimum atomic E-state index is -1.06. The van der Waals surface area contributed by atoms with Crippen molar-refractivity contribution in [2.24, 2.45) is 0 Å². The molecule has 9 nitrogen and oxygen atoms in total. The normalized spacial score (nSPS) is 29.1. The first-order chi connectivity index (χ1) is 10.1. The minimum absolute atomic E-state index is 0.0184. The third kappa shape index (κ3) is 2.48. The minimum Gasteiger partial charge on any atom is -0.480 e. The molecule has 2 atom stereocenters. The molecule has 3 saturated heterocycles. The van der Waals surface area contributed by atoms with Crippen LogP contribution in [-0.4, -0.2) is 95.9 Å². The number of rotatable bonds is 1. The maximum Gasteiger partial charge on any atom is 0.328 e. The SMILES string of the molecule is O=C(O)C1COCCN1C(=O)N1CCN2C(=O)NCC2C1. The van der Waals surface area contributed by atoms with E-state index in [9.17, 15) is 19.5 Å². The van der Waals surface area contributed by atoms with E-state index in [0.717, 1.165) is 0 Å². The predicted octanol–water partition coefficient (Wildman–Crippen LogP) is -1.40. The number of fused-ring (bicyclic) bond motifs is 1. The third-order valence-electron chi connectivity index (χ3n) is 4.16. The summed E-state index contributed by atoms with van der Waals surface area (Å²) in [6.07, 6.45) is 0. The van der Waals surface area contributed by atoms with Crippen LogP contribution in [0.1, 0.15) is 0 Å². The molecule has 3 aliphatic rings. The summed E-state index contributed by atoms with van der Waals surface area (Å²) in [7, 11) is 0. The molecular formula is C12H18N4O5. The summed E-state index contributed by atoms with van der Waals surface area (Å²) in [6.45, 7) is 2.49. The van der Waals surface area contributed by atoms with Crippen LogP contribution < -0.4 is 5.32 Å². The molecule has 0 aromatic carbocycles. The summed E-state index contributed by atoms with van der Waals surface area (Å²) in [6, 6.07) is -1.35. The molecule has 21 heavy (non-hydrogen) atoms. The van der Waals surface area contributed by atoms with Gasteiger partial charge in [0.15, 0.2) is 6.04 Å². The summed E-state index contributed by atoms with van der Waals surface area (Å²) in [5, 5.41) is 11.9. The number of nitrogens with zero attached hydrogens (tertiary/aromatic N) is 3. The largest absolute Gasteiger partial charge is 0.480 e. The Hall–Kier alpha value is -2.03. The number of carbonyl (C=O) groups is 3. The van der Waals surface area contributed by atoms with E-state index >= 15 is 0 Å². The maximum atomic E-state index is 12.5. The summed E-state index contributed by atoms with van der Waals surface area (Å²) in [5.74, 6) is -1.06. The maximum absolute atomic E-state index is 12.5. The van der Waals surface area contributed by atoms with Gasteiger partial charge in [0.2, 0.25) is 0 Å². The van der Waals surface area contributed by atoms with Crippen molar-refractivity contribution in [1.29, 1.82) is 0 Å². The van der Waals surface area contributed by atoms with Gasteiger partial charge in [0.05, 0.1) is 19.3 Å². The standard InChI is InChI=1S/C12H18N4O5/c17-10(18)9-7-21-4-3-16(9)12(20)14-1-2-15-8(6-14)5-13-11(15)19/h8-9H,1-7H2,(H,13,19)(H,17,18). The molecule has 3 aliphatic heterocycles. The second kappa shape index (κ2) is 5.40. The first-order valence-electron chi connectivity index (χ1n) is 6.98. The lowest BCUT2D eigenvalue weighted by Gasteiger charge is -2.41. The van der Waals surface area contributed by atoms with Gasteiger partial charge in [-0.25, -0.2) is 14.4 Å². The van der Waals surface area contributed by atoms with E-state index in [0.29, 0.717) is 32.8 Å². The van der Waals surface area contributed by atoms with Gasteiger partial charge in [-0.2, -0.15) is 0 Å². The fraction of sp³-hybridized carbons (Fsp3) is 0.750. The molecule has 0 saturated carbocycles. The van der Waals surface area contributed by atoms with Gasteiger partial charge in [-0.3, -0.25) is 0 Å². The summed E-state index contributed by atoms with van der Waals surface area (Å²) >= 11 is 0. The predicted molar refractivity (Wildman–Crippen MR) is 69.8 cm³/mol. The number of urea groups is 2. The Labute approximate surface area is 121 Å². The Balaban J connectivity index is 1.67. The van der Waals surface area contributed by atoms with Crippen LogP contribution in [0, 0.1) is 0 Å². The highest BCUT2D eigenvalue weighted by Crippen LogP contribution is 2.17. The van der Waals surface area contributed by atoms with Gasteiger partial charge >= 0.3 is 18.0 Å². The average Bonchev–Trinajstić information content (AvgIpc) is 2.87. The number of hydrogen-bond donors (Lipinski definition) is 2. The lowest BCUT2D eigenvalue weighted by atomic mass is 10.2. The molecule has 0 bridgehead atoms. The molecule has 2 N–H and O–H groups in total. The van der Waals surface area contributed by atoms with Gasteiger partial charge in [0, 0.05) is 32.7 Å². The first-order valence-corrected chi connectivity index (χ1v) is 6.98. The van der Waals surface area contributed by atoms with Gasteiger partial charge in [-0.15, -0.1) is 0 Å². The lowest BCUT2D eigenvalue weighted by Crippen LogP contribution is -2.61. The van der Waals surface area contributed by atoms with Crippen LogP contribution in [0.15, 0.2) is 0 Å². The second-order valence-corrected chi connectivity index (χ2v) is 5.38. The molecule has 0 aromatic rings. The van der Waals surface area contributed by atoms with Crippen molar-refractivity contribution in [2.75, 3.05) is 45.9 Å².